The van der Waals surface area contributed by atoms with Gasteiger partial charge in [-0.05, 0) is 111 Å². The van der Waals surface area contributed by atoms with Crippen LogP contribution in [0.15, 0.2) is 218 Å². The number of nitrogens with zero attached hydrogens (tertiary/aromatic N) is 2. The molecule has 59 heavy (non-hydrogen) atoms. The molecule has 3 heteroatoms. The number of aromatic nitrogens is 1. The fourth-order valence-electron chi connectivity index (χ4n) is 9.26. The highest BCUT2D eigenvalue weighted by molar-refractivity contribution is 6.11. The first-order valence-electron chi connectivity index (χ1n) is 19.9. The van der Waals surface area contributed by atoms with Gasteiger partial charge in [-0.3, -0.25) is 0 Å². The van der Waals surface area contributed by atoms with Crippen LogP contribution in [-0.4, -0.2) is 4.57 Å². The SMILES string of the molecule is [C-]#[N+]c1ccc2c(c1)c1cc(-c3ccc4c(c3)C(c3ccccc3)(c3ccccc3)c3ccccc3O4)ccc1n2-c1cc(-c2ccccc2)cc(-c2ccccc2)c1. The van der Waals surface area contributed by atoms with Crippen molar-refractivity contribution in [3.05, 3.63) is 252 Å². The summed E-state index contributed by atoms with van der Waals surface area (Å²) in [7, 11) is 0. The zero-order valence-electron chi connectivity index (χ0n) is 32.1. The second-order valence-electron chi connectivity index (χ2n) is 15.2. The first-order chi connectivity index (χ1) is 29.2. The highest BCUT2D eigenvalue weighted by Gasteiger charge is 2.45. The van der Waals surface area contributed by atoms with Crippen molar-refractivity contribution < 1.29 is 4.74 Å². The van der Waals surface area contributed by atoms with Crippen LogP contribution in [0.25, 0.3) is 65.7 Å². The third-order valence-corrected chi connectivity index (χ3v) is 11.9. The summed E-state index contributed by atoms with van der Waals surface area (Å²) < 4.78 is 9.08. The number of rotatable bonds is 6. The number of hydrogen-bond acceptors (Lipinski definition) is 1. The molecule has 1 aliphatic rings. The van der Waals surface area contributed by atoms with Crippen molar-refractivity contribution in [1.82, 2.24) is 4.57 Å². The third-order valence-electron chi connectivity index (χ3n) is 11.9. The summed E-state index contributed by atoms with van der Waals surface area (Å²) in [5.74, 6) is 1.70. The molecular formula is C56H36N2O. The van der Waals surface area contributed by atoms with Crippen LogP contribution in [0.5, 0.6) is 11.5 Å². The quantitative estimate of drug-likeness (QED) is 0.155. The average Bonchev–Trinajstić information content (AvgIpc) is 3.64. The van der Waals surface area contributed by atoms with Crippen molar-refractivity contribution in [2.75, 3.05) is 0 Å². The molecule has 0 atom stereocenters. The van der Waals surface area contributed by atoms with Gasteiger partial charge in [0.15, 0.2) is 5.69 Å². The van der Waals surface area contributed by atoms with Gasteiger partial charge < -0.3 is 9.30 Å². The van der Waals surface area contributed by atoms with Crippen LogP contribution >= 0.6 is 0 Å². The van der Waals surface area contributed by atoms with Gasteiger partial charge >= 0.3 is 0 Å². The molecule has 10 aromatic rings. The van der Waals surface area contributed by atoms with E-state index in [-0.39, 0.29) is 0 Å². The second kappa shape index (κ2) is 13.9. The molecule has 11 rings (SSSR count). The highest BCUT2D eigenvalue weighted by atomic mass is 16.5. The number of ether oxygens (including phenoxy) is 1. The van der Waals surface area contributed by atoms with E-state index in [1.54, 1.807) is 0 Å². The summed E-state index contributed by atoms with van der Waals surface area (Å²) in [5.41, 5.74) is 14.5. The lowest BCUT2D eigenvalue weighted by Crippen LogP contribution is -2.34. The van der Waals surface area contributed by atoms with Gasteiger partial charge in [0.25, 0.3) is 0 Å². The normalized spacial score (nSPS) is 12.7. The van der Waals surface area contributed by atoms with Crippen molar-refractivity contribution in [3.8, 4) is 50.6 Å². The Balaban J connectivity index is 1.14. The Morgan fingerprint density at radius 1 is 0.390 bits per heavy atom. The molecule has 0 bridgehead atoms. The van der Waals surface area contributed by atoms with Crippen molar-refractivity contribution in [2.45, 2.75) is 5.41 Å². The molecule has 1 aliphatic heterocycles. The molecule has 9 aromatic carbocycles. The zero-order valence-corrected chi connectivity index (χ0v) is 32.1. The van der Waals surface area contributed by atoms with E-state index in [0.717, 1.165) is 83.5 Å². The number of para-hydroxylation sites is 1. The van der Waals surface area contributed by atoms with Crippen molar-refractivity contribution in [2.24, 2.45) is 0 Å². The largest absolute Gasteiger partial charge is 0.457 e. The van der Waals surface area contributed by atoms with Gasteiger partial charge in [-0.2, -0.15) is 0 Å². The van der Waals surface area contributed by atoms with Crippen LogP contribution in [0.2, 0.25) is 0 Å². The van der Waals surface area contributed by atoms with Crippen molar-refractivity contribution in [3.63, 3.8) is 0 Å². The molecule has 0 spiro atoms. The summed E-state index contributed by atoms with van der Waals surface area (Å²) in [4.78, 5) is 3.86. The molecule has 2 heterocycles. The van der Waals surface area contributed by atoms with E-state index in [2.05, 4.69) is 210 Å². The lowest BCUT2D eigenvalue weighted by atomic mass is 9.63. The summed E-state index contributed by atoms with van der Waals surface area (Å²) in [6, 6.07) is 77.5. The maximum Gasteiger partial charge on any atom is 0.188 e. The molecule has 3 nitrogen and oxygen atoms in total. The Bertz CT molecular complexity index is 3140. The first-order valence-corrected chi connectivity index (χ1v) is 19.9. The molecule has 276 valence electrons. The van der Waals surface area contributed by atoms with Gasteiger partial charge in [-0.15, -0.1) is 0 Å². The van der Waals surface area contributed by atoms with E-state index in [1.807, 2.05) is 18.2 Å². The average molecular weight is 753 g/mol. The minimum atomic E-state index is -0.617. The number of hydrogen-bond donors (Lipinski definition) is 0. The van der Waals surface area contributed by atoms with Crippen LogP contribution in [0.3, 0.4) is 0 Å². The molecule has 0 saturated heterocycles. The summed E-state index contributed by atoms with van der Waals surface area (Å²) in [5, 5.41) is 2.13. The Kier molecular flexibility index (Phi) is 8.10. The maximum atomic E-state index is 7.95. The molecule has 0 unspecified atom stereocenters. The first kappa shape index (κ1) is 34.3. The molecular weight excluding hydrogens is 717 g/mol. The van der Waals surface area contributed by atoms with Gasteiger partial charge in [0, 0.05) is 22.2 Å². The van der Waals surface area contributed by atoms with E-state index in [0.29, 0.717) is 5.69 Å². The van der Waals surface area contributed by atoms with Crippen LogP contribution in [0.4, 0.5) is 5.69 Å². The number of fused-ring (bicyclic) bond motifs is 5. The monoisotopic (exact) mass is 752 g/mol. The van der Waals surface area contributed by atoms with Gasteiger partial charge in [0.05, 0.1) is 23.0 Å². The van der Waals surface area contributed by atoms with Crippen molar-refractivity contribution in [1.29, 1.82) is 0 Å². The summed E-state index contributed by atoms with van der Waals surface area (Å²) in [6.07, 6.45) is 0. The Morgan fingerprint density at radius 3 is 1.53 bits per heavy atom. The van der Waals surface area contributed by atoms with E-state index < -0.39 is 5.41 Å². The second-order valence-corrected chi connectivity index (χ2v) is 15.2. The molecule has 0 aliphatic carbocycles. The van der Waals surface area contributed by atoms with E-state index in [4.69, 9.17) is 11.3 Å². The smallest absolute Gasteiger partial charge is 0.188 e. The van der Waals surface area contributed by atoms with Crippen molar-refractivity contribution >= 4 is 27.5 Å². The molecule has 0 saturated carbocycles. The zero-order chi connectivity index (χ0) is 39.3. The molecule has 0 amide bonds. The standard InChI is InChI=1S/C56H36N2O/c1-57-46-28-30-53-49(37-46)48-35-40(26-29-52(48)58(53)47-33-42(38-16-6-2-7-17-38)32-43(34-47)39-18-8-3-9-19-39)41-27-31-55-51(36-41)56(44-20-10-4-11-21-44,45-22-12-5-13-23-45)50-24-14-15-25-54(50)59-55/h2-37H. The lowest BCUT2D eigenvalue weighted by Gasteiger charge is -2.41. The minimum absolute atomic E-state index is 0.616. The lowest BCUT2D eigenvalue weighted by molar-refractivity contribution is 0.434. The minimum Gasteiger partial charge on any atom is -0.457 e. The fourth-order valence-corrected chi connectivity index (χ4v) is 9.26. The fraction of sp³-hybridized carbons (Fsp3) is 0.0179. The van der Waals surface area contributed by atoms with E-state index >= 15 is 0 Å². The van der Waals surface area contributed by atoms with Gasteiger partial charge in [0.2, 0.25) is 0 Å². The van der Waals surface area contributed by atoms with Gasteiger partial charge in [0.1, 0.15) is 11.5 Å². The predicted octanol–water partition coefficient (Wildman–Crippen LogP) is 14.8. The molecule has 1 aromatic heterocycles. The molecule has 0 N–H and O–H groups in total. The maximum absolute atomic E-state index is 7.95. The van der Waals surface area contributed by atoms with Crippen LogP contribution < -0.4 is 4.74 Å². The summed E-state index contributed by atoms with van der Waals surface area (Å²) in [6.45, 7) is 7.95. The highest BCUT2D eigenvalue weighted by Crippen LogP contribution is 2.56. The van der Waals surface area contributed by atoms with Crippen LogP contribution in [0, 0.1) is 6.57 Å². The Labute approximate surface area is 343 Å². The summed E-state index contributed by atoms with van der Waals surface area (Å²) >= 11 is 0. The Morgan fingerprint density at radius 2 is 0.898 bits per heavy atom. The number of benzene rings is 9. The third kappa shape index (κ3) is 5.57. The Hall–Kier alpha value is -7.93. The van der Waals surface area contributed by atoms with Crippen LogP contribution in [-0.2, 0) is 5.41 Å². The molecule has 0 fully saturated rings. The topological polar surface area (TPSA) is 18.5 Å². The molecule has 0 radical (unpaired) electrons. The predicted molar refractivity (Wildman–Crippen MR) is 242 cm³/mol. The van der Waals surface area contributed by atoms with E-state index in [1.165, 1.54) is 11.1 Å². The van der Waals surface area contributed by atoms with Crippen LogP contribution in [0.1, 0.15) is 22.3 Å². The van der Waals surface area contributed by atoms with E-state index in [9.17, 15) is 0 Å². The van der Waals surface area contributed by atoms with Gasteiger partial charge in [-0.25, -0.2) is 4.85 Å². The van der Waals surface area contributed by atoms with Gasteiger partial charge in [-0.1, -0.05) is 158 Å².